The molecule has 1 fully saturated rings. The molecule has 1 saturated heterocycles. The molecule has 0 saturated carbocycles. The molecule has 1 aliphatic heterocycles. The lowest BCUT2D eigenvalue weighted by Crippen LogP contribution is -2.31. The molecule has 5 nitrogen and oxygen atoms in total. The van der Waals surface area contributed by atoms with E-state index >= 15 is 0 Å². The van der Waals surface area contributed by atoms with Crippen molar-refractivity contribution in [3.63, 3.8) is 0 Å². The summed E-state index contributed by atoms with van der Waals surface area (Å²) in [6.45, 7) is 2.42. The molecule has 0 bridgehead atoms. The van der Waals surface area contributed by atoms with Gasteiger partial charge >= 0.3 is 0 Å². The standard InChI is InChI=1S/C18H13Cl3N2O3/c1-2-26-11-8-6-10(7-9-11)22-16-15(21)17(24)23(18(16)25)13-5-3-4-12(19)14(13)20/h3-9,15H,2H2,1H3. The number of benzene rings is 2. The molecule has 1 aliphatic rings. The molecule has 134 valence electrons. The van der Waals surface area contributed by atoms with Crippen molar-refractivity contribution in [2.75, 3.05) is 11.5 Å². The smallest absolute Gasteiger partial charge is 0.281 e. The maximum Gasteiger partial charge on any atom is 0.281 e. The lowest BCUT2D eigenvalue weighted by Gasteiger charge is -2.15. The van der Waals surface area contributed by atoms with Crippen LogP contribution in [0, 0.1) is 0 Å². The van der Waals surface area contributed by atoms with E-state index in [1.165, 1.54) is 6.07 Å². The Morgan fingerprint density at radius 2 is 1.81 bits per heavy atom. The fraction of sp³-hybridized carbons (Fsp3) is 0.167. The van der Waals surface area contributed by atoms with Crippen molar-refractivity contribution >= 4 is 63.7 Å². The molecule has 3 rings (SSSR count). The summed E-state index contributed by atoms with van der Waals surface area (Å²) < 4.78 is 5.36. The number of ether oxygens (including phenoxy) is 1. The summed E-state index contributed by atoms with van der Waals surface area (Å²) in [7, 11) is 0. The first-order valence-electron chi connectivity index (χ1n) is 7.72. The van der Waals surface area contributed by atoms with Gasteiger partial charge in [0.1, 0.15) is 11.5 Å². The monoisotopic (exact) mass is 410 g/mol. The average Bonchev–Trinajstić information content (AvgIpc) is 2.83. The van der Waals surface area contributed by atoms with Gasteiger partial charge in [0.15, 0.2) is 5.38 Å². The molecule has 26 heavy (non-hydrogen) atoms. The van der Waals surface area contributed by atoms with Crippen LogP contribution in [0.25, 0.3) is 0 Å². The van der Waals surface area contributed by atoms with Crippen LogP contribution in [0.3, 0.4) is 0 Å². The number of hydrogen-bond acceptors (Lipinski definition) is 4. The van der Waals surface area contributed by atoms with Crippen LogP contribution in [0.2, 0.25) is 10.0 Å². The summed E-state index contributed by atoms with van der Waals surface area (Å²) in [4.78, 5) is 30.4. The molecule has 1 heterocycles. The summed E-state index contributed by atoms with van der Waals surface area (Å²) in [6, 6.07) is 11.5. The number of hydrogen-bond donors (Lipinski definition) is 0. The van der Waals surface area contributed by atoms with Crippen LogP contribution in [0.1, 0.15) is 6.92 Å². The fourth-order valence-electron chi connectivity index (χ4n) is 2.47. The average molecular weight is 412 g/mol. The molecule has 1 unspecified atom stereocenters. The molecule has 8 heteroatoms. The molecule has 0 N–H and O–H groups in total. The highest BCUT2D eigenvalue weighted by Gasteiger charge is 2.45. The number of imide groups is 1. The largest absolute Gasteiger partial charge is 0.494 e. The minimum atomic E-state index is -1.20. The third kappa shape index (κ3) is 3.43. The normalized spacial score (nSPS) is 18.7. The minimum Gasteiger partial charge on any atom is -0.494 e. The van der Waals surface area contributed by atoms with E-state index in [0.717, 1.165) is 4.90 Å². The van der Waals surface area contributed by atoms with Crippen molar-refractivity contribution in [1.82, 2.24) is 0 Å². The molecular weight excluding hydrogens is 399 g/mol. The first-order valence-corrected chi connectivity index (χ1v) is 8.91. The Kier molecular flexibility index (Phi) is 5.51. The molecule has 2 aromatic rings. The number of aliphatic imine (C=N–C) groups is 1. The quantitative estimate of drug-likeness (QED) is 0.544. The van der Waals surface area contributed by atoms with E-state index in [9.17, 15) is 9.59 Å². The van der Waals surface area contributed by atoms with Crippen LogP contribution in [0.5, 0.6) is 5.75 Å². The van der Waals surface area contributed by atoms with Gasteiger partial charge in [-0.2, -0.15) is 0 Å². The van der Waals surface area contributed by atoms with Gasteiger partial charge in [-0.1, -0.05) is 29.3 Å². The van der Waals surface area contributed by atoms with Crippen LogP contribution in [0.15, 0.2) is 47.5 Å². The summed E-state index contributed by atoms with van der Waals surface area (Å²) in [6.07, 6.45) is 0. The van der Waals surface area contributed by atoms with Crippen molar-refractivity contribution in [3.05, 3.63) is 52.5 Å². The zero-order valence-corrected chi connectivity index (χ0v) is 15.8. The summed E-state index contributed by atoms with van der Waals surface area (Å²) in [5, 5.41) is -0.876. The summed E-state index contributed by atoms with van der Waals surface area (Å²) in [5.74, 6) is -0.571. The van der Waals surface area contributed by atoms with E-state index in [2.05, 4.69) is 4.99 Å². The molecule has 1 atom stereocenters. The fourth-order valence-corrected chi connectivity index (χ4v) is 3.09. The Balaban J connectivity index is 1.96. The zero-order chi connectivity index (χ0) is 18.8. The van der Waals surface area contributed by atoms with E-state index < -0.39 is 17.2 Å². The number of amides is 2. The second-order valence-electron chi connectivity index (χ2n) is 5.34. The molecule has 0 aliphatic carbocycles. The van der Waals surface area contributed by atoms with Crippen LogP contribution in [0.4, 0.5) is 11.4 Å². The Bertz CT molecular complexity index is 897. The first-order chi connectivity index (χ1) is 12.4. The first kappa shape index (κ1) is 18.7. The van der Waals surface area contributed by atoms with Crippen molar-refractivity contribution in [3.8, 4) is 5.75 Å². The second-order valence-corrected chi connectivity index (χ2v) is 6.56. The Morgan fingerprint density at radius 1 is 1.12 bits per heavy atom. The van der Waals surface area contributed by atoms with E-state index in [1.807, 2.05) is 6.92 Å². The molecule has 2 amide bonds. The predicted octanol–water partition coefficient (Wildman–Crippen LogP) is 4.65. The van der Waals surface area contributed by atoms with Gasteiger partial charge in [0.05, 0.1) is 28.0 Å². The van der Waals surface area contributed by atoms with Crippen molar-refractivity contribution in [2.24, 2.45) is 4.99 Å². The van der Waals surface area contributed by atoms with E-state index in [4.69, 9.17) is 39.5 Å². The lowest BCUT2D eigenvalue weighted by atomic mass is 10.2. The molecule has 0 radical (unpaired) electrons. The van der Waals surface area contributed by atoms with Crippen LogP contribution in [-0.2, 0) is 9.59 Å². The molecule has 0 aromatic heterocycles. The van der Waals surface area contributed by atoms with Crippen molar-refractivity contribution < 1.29 is 14.3 Å². The molecule has 0 spiro atoms. The number of carbonyl (C=O) groups excluding carboxylic acids is 2. The van der Waals surface area contributed by atoms with Crippen LogP contribution >= 0.6 is 34.8 Å². The lowest BCUT2D eigenvalue weighted by molar-refractivity contribution is -0.120. The highest BCUT2D eigenvalue weighted by Crippen LogP contribution is 2.36. The van der Waals surface area contributed by atoms with Gasteiger partial charge in [-0.15, -0.1) is 11.6 Å². The summed E-state index contributed by atoms with van der Waals surface area (Å²) >= 11 is 18.3. The van der Waals surface area contributed by atoms with Gasteiger partial charge in [0, 0.05) is 0 Å². The third-order valence-electron chi connectivity index (χ3n) is 3.67. The number of anilines is 1. The second kappa shape index (κ2) is 7.66. The minimum absolute atomic E-state index is 0.0723. The van der Waals surface area contributed by atoms with Gasteiger partial charge in [-0.05, 0) is 43.3 Å². The summed E-state index contributed by atoms with van der Waals surface area (Å²) in [5.41, 5.74) is 0.586. The van der Waals surface area contributed by atoms with Crippen molar-refractivity contribution in [2.45, 2.75) is 12.3 Å². The number of rotatable bonds is 4. The van der Waals surface area contributed by atoms with E-state index in [-0.39, 0.29) is 21.4 Å². The van der Waals surface area contributed by atoms with Gasteiger partial charge < -0.3 is 4.74 Å². The highest BCUT2D eigenvalue weighted by molar-refractivity contribution is 6.69. The predicted molar refractivity (Wildman–Crippen MR) is 103 cm³/mol. The number of nitrogens with zero attached hydrogens (tertiary/aromatic N) is 2. The van der Waals surface area contributed by atoms with Crippen LogP contribution in [-0.4, -0.2) is 29.5 Å². The maximum atomic E-state index is 12.7. The van der Waals surface area contributed by atoms with Gasteiger partial charge in [0.25, 0.3) is 11.8 Å². The molecule has 2 aromatic carbocycles. The van der Waals surface area contributed by atoms with Gasteiger partial charge in [-0.3, -0.25) is 9.59 Å². The van der Waals surface area contributed by atoms with Gasteiger partial charge in [-0.25, -0.2) is 9.89 Å². The van der Waals surface area contributed by atoms with Crippen LogP contribution < -0.4 is 9.64 Å². The van der Waals surface area contributed by atoms with Gasteiger partial charge in [0.2, 0.25) is 0 Å². The van der Waals surface area contributed by atoms with Crippen molar-refractivity contribution in [1.29, 1.82) is 0 Å². The Labute approximate surface area is 165 Å². The highest BCUT2D eigenvalue weighted by atomic mass is 35.5. The Morgan fingerprint density at radius 3 is 2.46 bits per heavy atom. The SMILES string of the molecule is CCOc1ccc(N=C2C(=O)N(c3cccc(Cl)c3Cl)C(=O)C2Cl)cc1. The number of alkyl halides is 1. The molecular formula is C18H13Cl3N2O3. The number of carbonyl (C=O) groups is 2. The van der Waals surface area contributed by atoms with E-state index in [1.54, 1.807) is 36.4 Å². The number of halogens is 3. The third-order valence-corrected chi connectivity index (χ3v) is 4.87. The maximum absolute atomic E-state index is 12.7. The Hall–Kier alpha value is -2.08. The van der Waals surface area contributed by atoms with E-state index in [0.29, 0.717) is 18.0 Å². The zero-order valence-electron chi connectivity index (χ0n) is 13.6. The topological polar surface area (TPSA) is 59.0 Å².